The number of carbonyl (C=O) groups is 3. The summed E-state index contributed by atoms with van der Waals surface area (Å²) in [5, 5.41) is 6.31. The minimum Gasteiger partial charge on any atom is -0.462 e. The van der Waals surface area contributed by atoms with Crippen LogP contribution in [0.3, 0.4) is 0 Å². The molecule has 2 amide bonds. The first-order valence-corrected chi connectivity index (χ1v) is 8.14. The first kappa shape index (κ1) is 16.2. The summed E-state index contributed by atoms with van der Waals surface area (Å²) < 4.78 is 4.91. The molecule has 0 radical (unpaired) electrons. The summed E-state index contributed by atoms with van der Waals surface area (Å²) in [7, 11) is 0. The Bertz CT molecular complexity index is 760. The van der Waals surface area contributed by atoms with Crippen LogP contribution in [0.15, 0.2) is 35.7 Å². The zero-order chi connectivity index (χ0) is 17.1. The van der Waals surface area contributed by atoms with Gasteiger partial charge in [0.05, 0.1) is 17.9 Å². The van der Waals surface area contributed by atoms with Crippen molar-refractivity contribution >= 4 is 35.2 Å². The molecule has 0 saturated carbocycles. The van der Waals surface area contributed by atoms with Crippen LogP contribution in [-0.2, 0) is 14.3 Å². The number of ether oxygens (including phenoxy) is 1. The molecule has 1 fully saturated rings. The van der Waals surface area contributed by atoms with Gasteiger partial charge in [-0.15, -0.1) is 0 Å². The second kappa shape index (κ2) is 6.83. The molecule has 1 aliphatic heterocycles. The average Bonchev–Trinajstić information content (AvgIpc) is 3.17. The zero-order valence-electron chi connectivity index (χ0n) is 12.8. The van der Waals surface area contributed by atoms with Crippen LogP contribution in [0.5, 0.6) is 0 Å². The Morgan fingerprint density at radius 1 is 1.38 bits per heavy atom. The summed E-state index contributed by atoms with van der Waals surface area (Å²) in [6.45, 7) is 2.00. The van der Waals surface area contributed by atoms with Crippen molar-refractivity contribution in [3.8, 4) is 0 Å². The highest BCUT2D eigenvalue weighted by Crippen LogP contribution is 2.32. The Morgan fingerprint density at radius 3 is 2.75 bits per heavy atom. The van der Waals surface area contributed by atoms with E-state index in [0.29, 0.717) is 16.4 Å². The van der Waals surface area contributed by atoms with Gasteiger partial charge in [0, 0.05) is 6.42 Å². The highest BCUT2D eigenvalue weighted by molar-refractivity contribution is 8.00. The van der Waals surface area contributed by atoms with Crippen molar-refractivity contribution in [1.29, 1.82) is 0 Å². The number of amides is 2. The van der Waals surface area contributed by atoms with E-state index in [1.807, 2.05) is 0 Å². The Morgan fingerprint density at radius 2 is 2.12 bits per heavy atom. The summed E-state index contributed by atoms with van der Waals surface area (Å²) in [4.78, 5) is 41.4. The molecule has 8 nitrogen and oxygen atoms in total. The van der Waals surface area contributed by atoms with Crippen LogP contribution >= 0.6 is 11.8 Å². The molecule has 1 aromatic heterocycles. The fourth-order valence-electron chi connectivity index (χ4n) is 2.31. The number of benzene rings is 1. The Hall–Kier alpha value is -2.68. The summed E-state index contributed by atoms with van der Waals surface area (Å²) >= 11 is 1.17. The predicted molar refractivity (Wildman–Crippen MR) is 85.5 cm³/mol. The lowest BCUT2D eigenvalue weighted by Crippen LogP contribution is -2.31. The van der Waals surface area contributed by atoms with Gasteiger partial charge in [-0.25, -0.2) is 14.7 Å². The van der Waals surface area contributed by atoms with Gasteiger partial charge in [0.15, 0.2) is 5.16 Å². The number of hydrogen-bond donors (Lipinski definition) is 1. The van der Waals surface area contributed by atoms with E-state index in [1.165, 1.54) is 30.2 Å². The average molecular weight is 346 g/mol. The lowest BCUT2D eigenvalue weighted by Gasteiger charge is -2.15. The standard InChI is InChI=1S/C15H14N4O4S/c1-2-23-14(22)9-3-5-10(6-4-9)19-12(20)7-11(13(19)21)24-15-16-8-17-18-15/h3-6,8,11H,2,7H2,1H3,(H,16,17,18)/t11-/m1/s1. The largest absolute Gasteiger partial charge is 0.462 e. The lowest BCUT2D eigenvalue weighted by molar-refractivity contribution is -0.121. The second-order valence-corrected chi connectivity index (χ2v) is 6.13. The van der Waals surface area contributed by atoms with E-state index in [-0.39, 0.29) is 24.8 Å². The van der Waals surface area contributed by atoms with Gasteiger partial charge < -0.3 is 4.74 Å². The zero-order valence-corrected chi connectivity index (χ0v) is 13.6. The number of esters is 1. The molecule has 124 valence electrons. The van der Waals surface area contributed by atoms with Crippen LogP contribution < -0.4 is 4.90 Å². The fourth-order valence-corrected chi connectivity index (χ4v) is 3.23. The maximum absolute atomic E-state index is 12.5. The molecule has 9 heteroatoms. The molecule has 0 bridgehead atoms. The van der Waals surface area contributed by atoms with Crippen molar-refractivity contribution in [1.82, 2.24) is 15.2 Å². The van der Waals surface area contributed by atoms with Gasteiger partial charge in [0.1, 0.15) is 11.6 Å². The summed E-state index contributed by atoms with van der Waals surface area (Å²) in [5.74, 6) is -1.05. The summed E-state index contributed by atoms with van der Waals surface area (Å²) in [6, 6.07) is 6.18. The van der Waals surface area contributed by atoms with Crippen molar-refractivity contribution in [2.45, 2.75) is 23.8 Å². The second-order valence-electron chi connectivity index (χ2n) is 4.94. The van der Waals surface area contributed by atoms with Gasteiger partial charge in [-0.1, -0.05) is 11.8 Å². The molecule has 1 atom stereocenters. The molecule has 1 aliphatic rings. The first-order chi connectivity index (χ1) is 11.6. The van der Waals surface area contributed by atoms with Crippen LogP contribution in [0.25, 0.3) is 0 Å². The number of nitrogens with zero attached hydrogens (tertiary/aromatic N) is 3. The first-order valence-electron chi connectivity index (χ1n) is 7.26. The maximum atomic E-state index is 12.5. The third-order valence-corrected chi connectivity index (χ3v) is 4.46. The van der Waals surface area contributed by atoms with Crippen molar-refractivity contribution in [3.63, 3.8) is 0 Å². The number of nitrogens with one attached hydrogen (secondary N) is 1. The lowest BCUT2D eigenvalue weighted by atomic mass is 10.2. The number of aromatic amines is 1. The Labute approximate surface area is 141 Å². The van der Waals surface area contributed by atoms with Gasteiger partial charge in [0.25, 0.3) is 0 Å². The Kier molecular flexibility index (Phi) is 4.61. The minimum absolute atomic E-state index is 0.0871. The molecule has 0 spiro atoms. The number of carbonyl (C=O) groups excluding carboxylic acids is 3. The number of thioether (sulfide) groups is 1. The number of hydrogen-bond acceptors (Lipinski definition) is 7. The number of aromatic nitrogens is 3. The van der Waals surface area contributed by atoms with Crippen LogP contribution in [0.1, 0.15) is 23.7 Å². The van der Waals surface area contributed by atoms with Gasteiger partial charge >= 0.3 is 5.97 Å². The van der Waals surface area contributed by atoms with E-state index in [1.54, 1.807) is 19.1 Å². The van der Waals surface area contributed by atoms with Gasteiger partial charge in [-0.3, -0.25) is 14.7 Å². The molecular weight excluding hydrogens is 332 g/mol. The normalized spacial score (nSPS) is 17.4. The minimum atomic E-state index is -0.546. The molecule has 1 aromatic carbocycles. The molecule has 0 unspecified atom stereocenters. The van der Waals surface area contributed by atoms with E-state index in [2.05, 4.69) is 15.2 Å². The molecule has 3 rings (SSSR count). The van der Waals surface area contributed by atoms with Crippen LogP contribution in [0.4, 0.5) is 5.69 Å². The number of imide groups is 1. The molecule has 24 heavy (non-hydrogen) atoms. The third-order valence-electron chi connectivity index (χ3n) is 3.39. The van der Waals surface area contributed by atoms with Crippen LogP contribution in [0.2, 0.25) is 0 Å². The fraction of sp³-hybridized carbons (Fsp3) is 0.267. The molecule has 1 N–H and O–H groups in total. The van der Waals surface area contributed by atoms with E-state index >= 15 is 0 Å². The SMILES string of the molecule is CCOC(=O)c1ccc(N2C(=O)C[C@@H](Sc3ncn[nH]3)C2=O)cc1. The van der Waals surface area contributed by atoms with Crippen molar-refractivity contribution < 1.29 is 19.1 Å². The van der Waals surface area contributed by atoms with Crippen LogP contribution in [0, 0.1) is 0 Å². The number of rotatable bonds is 5. The van der Waals surface area contributed by atoms with E-state index in [0.717, 1.165) is 4.90 Å². The van der Waals surface area contributed by atoms with E-state index < -0.39 is 11.2 Å². The molecule has 0 aliphatic carbocycles. The van der Waals surface area contributed by atoms with E-state index in [4.69, 9.17) is 4.74 Å². The van der Waals surface area contributed by atoms with Gasteiger partial charge in [-0.2, -0.15) is 5.10 Å². The quantitative estimate of drug-likeness (QED) is 0.644. The topological polar surface area (TPSA) is 105 Å². The van der Waals surface area contributed by atoms with Crippen molar-refractivity contribution in [2.75, 3.05) is 11.5 Å². The molecule has 2 heterocycles. The molecule has 2 aromatic rings. The summed E-state index contributed by atoms with van der Waals surface area (Å²) in [5.41, 5.74) is 0.797. The van der Waals surface area contributed by atoms with Gasteiger partial charge in [-0.05, 0) is 31.2 Å². The Balaban J connectivity index is 1.75. The van der Waals surface area contributed by atoms with Crippen molar-refractivity contribution in [3.05, 3.63) is 36.2 Å². The molecule has 1 saturated heterocycles. The van der Waals surface area contributed by atoms with Crippen LogP contribution in [-0.4, -0.2) is 44.8 Å². The summed E-state index contributed by atoms with van der Waals surface area (Å²) in [6.07, 6.45) is 1.43. The van der Waals surface area contributed by atoms with Crippen molar-refractivity contribution in [2.24, 2.45) is 0 Å². The highest BCUT2D eigenvalue weighted by Gasteiger charge is 2.40. The third kappa shape index (κ3) is 3.16. The van der Waals surface area contributed by atoms with E-state index in [9.17, 15) is 14.4 Å². The smallest absolute Gasteiger partial charge is 0.338 e. The monoisotopic (exact) mass is 346 g/mol. The highest BCUT2D eigenvalue weighted by atomic mass is 32.2. The molecular formula is C15H14N4O4S. The maximum Gasteiger partial charge on any atom is 0.338 e. The van der Waals surface area contributed by atoms with Gasteiger partial charge in [0.2, 0.25) is 11.8 Å². The predicted octanol–water partition coefficient (Wildman–Crippen LogP) is 1.41. The number of H-pyrrole nitrogens is 1. The number of anilines is 1.